The zero-order valence-electron chi connectivity index (χ0n) is 13.1. The van der Waals surface area contributed by atoms with E-state index < -0.39 is 0 Å². The quantitative estimate of drug-likeness (QED) is 0.886. The highest BCUT2D eigenvalue weighted by Crippen LogP contribution is 2.25. The second-order valence-electron chi connectivity index (χ2n) is 6.54. The van der Waals surface area contributed by atoms with Gasteiger partial charge in [0.15, 0.2) is 0 Å². The molecule has 0 spiro atoms. The van der Waals surface area contributed by atoms with Crippen molar-refractivity contribution in [2.75, 3.05) is 23.7 Å². The molecule has 22 heavy (non-hydrogen) atoms. The summed E-state index contributed by atoms with van der Waals surface area (Å²) in [5.41, 5.74) is 8.62. The van der Waals surface area contributed by atoms with Crippen molar-refractivity contribution in [2.45, 2.75) is 38.5 Å². The van der Waals surface area contributed by atoms with Crippen molar-refractivity contribution in [3.63, 3.8) is 0 Å². The Morgan fingerprint density at radius 3 is 1.68 bits per heavy atom. The third-order valence-corrected chi connectivity index (χ3v) is 4.92. The van der Waals surface area contributed by atoms with Crippen LogP contribution >= 0.6 is 0 Å². The lowest BCUT2D eigenvalue weighted by molar-refractivity contribution is 0.821. The van der Waals surface area contributed by atoms with Crippen molar-refractivity contribution in [2.24, 2.45) is 0 Å². The zero-order valence-corrected chi connectivity index (χ0v) is 13.1. The molecule has 0 unspecified atom stereocenters. The summed E-state index contributed by atoms with van der Waals surface area (Å²) in [6.45, 7) is 2.24. The molecule has 0 bridgehead atoms. The Balaban J connectivity index is 1.46. The van der Waals surface area contributed by atoms with E-state index in [0.717, 1.165) is 25.9 Å². The lowest BCUT2D eigenvalue weighted by Crippen LogP contribution is -2.12. The Bertz CT molecular complexity index is 616. The van der Waals surface area contributed by atoms with E-state index in [9.17, 15) is 0 Å². The number of nitrogens with one attached hydrogen (secondary N) is 2. The molecule has 2 aliphatic heterocycles. The summed E-state index contributed by atoms with van der Waals surface area (Å²) in [4.78, 5) is 0. The maximum Gasteiger partial charge on any atom is 0.0372 e. The molecule has 2 heterocycles. The highest BCUT2D eigenvalue weighted by atomic mass is 14.9. The fourth-order valence-corrected chi connectivity index (χ4v) is 3.66. The van der Waals surface area contributed by atoms with E-state index in [4.69, 9.17) is 0 Å². The Labute approximate surface area is 132 Å². The van der Waals surface area contributed by atoms with Gasteiger partial charge in [-0.25, -0.2) is 0 Å². The third-order valence-electron chi connectivity index (χ3n) is 4.92. The van der Waals surface area contributed by atoms with Crippen LogP contribution in [-0.2, 0) is 25.7 Å². The summed E-state index contributed by atoms with van der Waals surface area (Å²) in [5, 5.41) is 6.98. The van der Waals surface area contributed by atoms with Crippen molar-refractivity contribution in [1.82, 2.24) is 0 Å². The summed E-state index contributed by atoms with van der Waals surface area (Å²) < 4.78 is 0. The second-order valence-corrected chi connectivity index (χ2v) is 6.54. The summed E-state index contributed by atoms with van der Waals surface area (Å²) in [6, 6.07) is 13.9. The van der Waals surface area contributed by atoms with E-state index in [1.54, 1.807) is 0 Å². The van der Waals surface area contributed by atoms with Gasteiger partial charge in [0.1, 0.15) is 0 Å². The van der Waals surface area contributed by atoms with Crippen molar-refractivity contribution in [3.8, 4) is 0 Å². The average Bonchev–Trinajstić information content (AvgIpc) is 2.59. The van der Waals surface area contributed by atoms with Gasteiger partial charge < -0.3 is 10.6 Å². The highest BCUT2D eigenvalue weighted by Gasteiger charge is 2.10. The van der Waals surface area contributed by atoms with E-state index >= 15 is 0 Å². The summed E-state index contributed by atoms with van der Waals surface area (Å²) in [7, 11) is 0. The first-order valence-electron chi connectivity index (χ1n) is 8.60. The molecule has 2 N–H and O–H groups in total. The lowest BCUT2D eigenvalue weighted by atomic mass is 9.95. The molecule has 2 nitrogen and oxygen atoms in total. The van der Waals surface area contributed by atoms with Gasteiger partial charge >= 0.3 is 0 Å². The molecule has 0 radical (unpaired) electrons. The van der Waals surface area contributed by atoms with Gasteiger partial charge in [-0.3, -0.25) is 0 Å². The van der Waals surface area contributed by atoms with Crippen LogP contribution in [0.1, 0.15) is 35.1 Å². The minimum Gasteiger partial charge on any atom is -0.385 e. The van der Waals surface area contributed by atoms with Crippen molar-refractivity contribution in [3.05, 3.63) is 58.7 Å². The normalized spacial score (nSPS) is 16.2. The maximum absolute atomic E-state index is 3.49. The molecule has 4 rings (SSSR count). The molecular formula is C20H24N2. The molecule has 0 saturated heterocycles. The molecule has 2 aromatic carbocycles. The van der Waals surface area contributed by atoms with Crippen molar-refractivity contribution < 1.29 is 0 Å². The molecule has 0 amide bonds. The Morgan fingerprint density at radius 1 is 0.682 bits per heavy atom. The lowest BCUT2D eigenvalue weighted by Gasteiger charge is -2.19. The molecule has 0 saturated carbocycles. The molecule has 2 aromatic rings. The Hall–Kier alpha value is -1.96. The fourth-order valence-electron chi connectivity index (χ4n) is 3.66. The van der Waals surface area contributed by atoms with Crippen molar-refractivity contribution >= 4 is 11.4 Å². The number of fused-ring (bicyclic) bond motifs is 2. The number of aryl methyl sites for hydroxylation is 4. The fraction of sp³-hybridized carbons (Fsp3) is 0.400. The van der Waals surface area contributed by atoms with Crippen LogP contribution < -0.4 is 10.6 Å². The average molecular weight is 292 g/mol. The summed E-state index contributed by atoms with van der Waals surface area (Å²) >= 11 is 0. The van der Waals surface area contributed by atoms with E-state index in [-0.39, 0.29) is 0 Å². The smallest absolute Gasteiger partial charge is 0.0372 e. The molecule has 0 fully saturated rings. The third kappa shape index (κ3) is 2.83. The first-order chi connectivity index (χ1) is 10.9. The van der Waals surface area contributed by atoms with E-state index in [1.165, 1.54) is 59.3 Å². The van der Waals surface area contributed by atoms with Crippen LogP contribution in [0, 0.1) is 0 Å². The Morgan fingerprint density at radius 2 is 1.18 bits per heavy atom. The van der Waals surface area contributed by atoms with Crippen LogP contribution in [0.15, 0.2) is 36.4 Å². The highest BCUT2D eigenvalue weighted by molar-refractivity contribution is 5.55. The van der Waals surface area contributed by atoms with Gasteiger partial charge in [0.2, 0.25) is 0 Å². The van der Waals surface area contributed by atoms with Gasteiger partial charge in [-0.2, -0.15) is 0 Å². The topological polar surface area (TPSA) is 24.1 Å². The summed E-state index contributed by atoms with van der Waals surface area (Å²) in [6.07, 6.45) is 7.24. The predicted octanol–water partition coefficient (Wildman–Crippen LogP) is 4.19. The first kappa shape index (κ1) is 13.7. The van der Waals surface area contributed by atoms with Crippen LogP contribution in [0.4, 0.5) is 11.4 Å². The number of rotatable bonds is 3. The molecule has 2 aliphatic rings. The largest absolute Gasteiger partial charge is 0.385 e. The van der Waals surface area contributed by atoms with E-state index in [0.29, 0.717) is 0 Å². The number of benzene rings is 2. The molecule has 0 aromatic heterocycles. The predicted molar refractivity (Wildman–Crippen MR) is 93.9 cm³/mol. The van der Waals surface area contributed by atoms with Crippen LogP contribution in [0.3, 0.4) is 0 Å². The van der Waals surface area contributed by atoms with Gasteiger partial charge in [0.25, 0.3) is 0 Å². The minimum atomic E-state index is 1.12. The minimum absolute atomic E-state index is 1.12. The first-order valence-corrected chi connectivity index (χ1v) is 8.60. The zero-order chi connectivity index (χ0) is 14.8. The Kier molecular flexibility index (Phi) is 3.75. The molecular weight excluding hydrogens is 268 g/mol. The van der Waals surface area contributed by atoms with E-state index in [1.807, 2.05) is 0 Å². The number of hydrogen-bond donors (Lipinski definition) is 2. The molecule has 2 heteroatoms. The van der Waals surface area contributed by atoms with Crippen molar-refractivity contribution in [1.29, 1.82) is 0 Å². The van der Waals surface area contributed by atoms with Gasteiger partial charge in [-0.05, 0) is 72.9 Å². The number of hydrogen-bond acceptors (Lipinski definition) is 2. The monoisotopic (exact) mass is 292 g/mol. The van der Waals surface area contributed by atoms with Gasteiger partial charge in [-0.15, -0.1) is 0 Å². The number of anilines is 2. The standard InChI is InChI=1S/C20H24N2/c1-3-17-13-15(7-9-19(17)21-11-1)5-6-16-8-10-20-18(14-16)4-2-12-22-20/h7-10,13-14,21-22H,1-6,11-12H2. The molecule has 114 valence electrons. The van der Waals surface area contributed by atoms with Crippen LogP contribution in [0.2, 0.25) is 0 Å². The molecule has 0 aliphatic carbocycles. The SMILES string of the molecule is c1cc2c(cc1CCc1ccc3c(c1)CCCN3)CCCN2. The van der Waals surface area contributed by atoms with Crippen LogP contribution in [0.25, 0.3) is 0 Å². The van der Waals surface area contributed by atoms with Gasteiger partial charge in [0.05, 0.1) is 0 Å². The summed E-state index contributed by atoms with van der Waals surface area (Å²) in [5.74, 6) is 0. The van der Waals surface area contributed by atoms with Crippen LogP contribution in [-0.4, -0.2) is 13.1 Å². The molecule has 0 atom stereocenters. The second kappa shape index (κ2) is 6.04. The van der Waals surface area contributed by atoms with E-state index in [2.05, 4.69) is 47.0 Å². The van der Waals surface area contributed by atoms with Gasteiger partial charge in [-0.1, -0.05) is 24.3 Å². The van der Waals surface area contributed by atoms with Gasteiger partial charge in [0, 0.05) is 24.5 Å². The maximum atomic E-state index is 3.49. The van der Waals surface area contributed by atoms with Crippen LogP contribution in [0.5, 0.6) is 0 Å².